The minimum absolute atomic E-state index is 0.0961. The molecular weight excluding hydrogens is 262 g/mol. The van der Waals surface area contributed by atoms with E-state index in [-0.39, 0.29) is 6.03 Å². The fourth-order valence-electron chi connectivity index (χ4n) is 2.77. The molecule has 0 radical (unpaired) electrons. The average Bonchev–Trinajstić information content (AvgIpc) is 2.43. The molecular formula is C17H27N3O. The summed E-state index contributed by atoms with van der Waals surface area (Å²) in [7, 11) is 0. The number of nitrogens with zero attached hydrogens (tertiary/aromatic N) is 1. The molecule has 0 aromatic heterocycles. The van der Waals surface area contributed by atoms with E-state index in [1.54, 1.807) is 0 Å². The number of carbonyl (C=O) groups excluding carboxylic acids is 1. The zero-order valence-electron chi connectivity index (χ0n) is 13.4. The van der Waals surface area contributed by atoms with E-state index in [0.717, 1.165) is 38.2 Å². The second-order valence-electron chi connectivity index (χ2n) is 6.43. The van der Waals surface area contributed by atoms with Crippen LogP contribution in [0.2, 0.25) is 0 Å². The number of carbonyl (C=O) groups is 1. The number of rotatable bonds is 4. The van der Waals surface area contributed by atoms with E-state index in [4.69, 9.17) is 0 Å². The van der Waals surface area contributed by atoms with Gasteiger partial charge in [-0.3, -0.25) is 0 Å². The van der Waals surface area contributed by atoms with Gasteiger partial charge in [0.05, 0.1) is 0 Å². The zero-order valence-corrected chi connectivity index (χ0v) is 13.4. The first kappa shape index (κ1) is 15.8. The largest absolute Gasteiger partial charge is 0.335 e. The van der Waals surface area contributed by atoms with Crippen LogP contribution in [-0.2, 0) is 0 Å². The Bertz CT molecular complexity index is 448. The van der Waals surface area contributed by atoms with Gasteiger partial charge in [0.25, 0.3) is 0 Å². The van der Waals surface area contributed by atoms with Gasteiger partial charge in [0.2, 0.25) is 0 Å². The van der Waals surface area contributed by atoms with Crippen LogP contribution in [0.1, 0.15) is 32.3 Å². The third-order valence-electron chi connectivity index (χ3n) is 3.86. The molecule has 1 aromatic rings. The van der Waals surface area contributed by atoms with E-state index < -0.39 is 0 Å². The Labute approximate surface area is 127 Å². The molecule has 0 unspecified atom stereocenters. The summed E-state index contributed by atoms with van der Waals surface area (Å²) in [4.78, 5) is 14.5. The molecule has 1 aliphatic rings. The number of piperidine rings is 1. The number of urea groups is 1. The third-order valence-corrected chi connectivity index (χ3v) is 3.86. The van der Waals surface area contributed by atoms with Crippen molar-refractivity contribution in [2.75, 3.05) is 25.0 Å². The summed E-state index contributed by atoms with van der Waals surface area (Å²) in [5, 5.41) is 5.98. The zero-order chi connectivity index (χ0) is 15.2. The predicted molar refractivity (Wildman–Crippen MR) is 87.6 cm³/mol. The van der Waals surface area contributed by atoms with Crippen LogP contribution in [-0.4, -0.2) is 36.6 Å². The van der Waals surface area contributed by atoms with Gasteiger partial charge in [-0.1, -0.05) is 31.5 Å². The predicted octanol–water partition coefficient (Wildman–Crippen LogP) is 3.24. The number of benzene rings is 1. The molecule has 2 amide bonds. The van der Waals surface area contributed by atoms with Gasteiger partial charge >= 0.3 is 6.03 Å². The highest BCUT2D eigenvalue weighted by Gasteiger charge is 2.20. The Morgan fingerprint density at radius 1 is 1.24 bits per heavy atom. The van der Waals surface area contributed by atoms with Crippen molar-refractivity contribution in [3.05, 3.63) is 29.8 Å². The van der Waals surface area contributed by atoms with E-state index in [1.165, 1.54) is 5.56 Å². The van der Waals surface area contributed by atoms with Crippen molar-refractivity contribution in [3.8, 4) is 0 Å². The summed E-state index contributed by atoms with van der Waals surface area (Å²) in [5.74, 6) is 0.708. The Balaban J connectivity index is 1.73. The van der Waals surface area contributed by atoms with Gasteiger partial charge in [-0.15, -0.1) is 0 Å². The lowest BCUT2D eigenvalue weighted by Crippen LogP contribution is -2.46. The van der Waals surface area contributed by atoms with Crippen LogP contribution in [0.25, 0.3) is 0 Å². The molecule has 0 aliphatic carbocycles. The van der Waals surface area contributed by atoms with E-state index in [2.05, 4.69) is 29.4 Å². The number of amides is 2. The molecule has 0 atom stereocenters. The lowest BCUT2D eigenvalue weighted by Gasteiger charge is -2.33. The van der Waals surface area contributed by atoms with Gasteiger partial charge < -0.3 is 15.5 Å². The second kappa shape index (κ2) is 7.46. The van der Waals surface area contributed by atoms with E-state index >= 15 is 0 Å². The lowest BCUT2D eigenvalue weighted by atomic mass is 10.0. The molecule has 1 aromatic carbocycles. The molecule has 1 aliphatic heterocycles. The van der Waals surface area contributed by atoms with Gasteiger partial charge in [0, 0.05) is 31.4 Å². The van der Waals surface area contributed by atoms with Gasteiger partial charge in [-0.2, -0.15) is 0 Å². The smallest absolute Gasteiger partial charge is 0.319 e. The number of likely N-dealkylation sites (tertiary alicyclic amines) is 1. The number of hydrogen-bond acceptors (Lipinski definition) is 2. The maximum absolute atomic E-state index is 12.0. The van der Waals surface area contributed by atoms with Crippen LogP contribution in [0, 0.1) is 12.8 Å². The normalized spacial score (nSPS) is 17.0. The number of hydrogen-bond donors (Lipinski definition) is 2. The van der Waals surface area contributed by atoms with Crippen molar-refractivity contribution >= 4 is 11.7 Å². The number of nitrogens with one attached hydrogen (secondary N) is 2. The second-order valence-corrected chi connectivity index (χ2v) is 6.43. The standard InChI is InChI=1S/C17H27N3O/c1-13(2)12-20-10-8-16(9-11-20)19-17(21)18-15-6-4-14(3)5-7-15/h4-7,13,16H,8-12H2,1-3H3,(H2,18,19,21). The molecule has 1 fully saturated rings. The lowest BCUT2D eigenvalue weighted by molar-refractivity contribution is 0.180. The molecule has 21 heavy (non-hydrogen) atoms. The van der Waals surface area contributed by atoms with Crippen molar-refractivity contribution in [2.24, 2.45) is 5.92 Å². The highest BCUT2D eigenvalue weighted by Crippen LogP contribution is 2.13. The van der Waals surface area contributed by atoms with Crippen molar-refractivity contribution < 1.29 is 4.79 Å². The monoisotopic (exact) mass is 289 g/mol. The van der Waals surface area contributed by atoms with Crippen molar-refractivity contribution in [1.82, 2.24) is 10.2 Å². The van der Waals surface area contributed by atoms with Gasteiger partial charge in [-0.25, -0.2) is 4.79 Å². The molecule has 4 heteroatoms. The summed E-state index contributed by atoms with van der Waals surface area (Å²) in [5.41, 5.74) is 2.04. The third kappa shape index (κ3) is 5.38. The van der Waals surface area contributed by atoms with Crippen LogP contribution >= 0.6 is 0 Å². The van der Waals surface area contributed by atoms with Gasteiger partial charge in [0.15, 0.2) is 0 Å². The molecule has 1 heterocycles. The van der Waals surface area contributed by atoms with Crippen molar-refractivity contribution in [1.29, 1.82) is 0 Å². The SMILES string of the molecule is Cc1ccc(NC(=O)NC2CCN(CC(C)C)CC2)cc1. The van der Waals surface area contributed by atoms with E-state index in [1.807, 2.05) is 31.2 Å². The first-order valence-corrected chi connectivity index (χ1v) is 7.89. The minimum Gasteiger partial charge on any atom is -0.335 e. The fraction of sp³-hybridized carbons (Fsp3) is 0.588. The summed E-state index contributed by atoms with van der Waals surface area (Å²) in [6.45, 7) is 9.84. The van der Waals surface area contributed by atoms with Crippen LogP contribution in [0.4, 0.5) is 10.5 Å². The highest BCUT2D eigenvalue weighted by atomic mass is 16.2. The Hall–Kier alpha value is -1.55. The van der Waals surface area contributed by atoms with Crippen molar-refractivity contribution in [3.63, 3.8) is 0 Å². The quantitative estimate of drug-likeness (QED) is 0.893. The molecule has 4 nitrogen and oxygen atoms in total. The molecule has 0 bridgehead atoms. The van der Waals surface area contributed by atoms with E-state index in [9.17, 15) is 4.79 Å². The van der Waals surface area contributed by atoms with E-state index in [0.29, 0.717) is 12.0 Å². The maximum Gasteiger partial charge on any atom is 0.319 e. The van der Waals surface area contributed by atoms with Crippen LogP contribution < -0.4 is 10.6 Å². The number of aryl methyl sites for hydroxylation is 1. The van der Waals surface area contributed by atoms with Gasteiger partial charge in [-0.05, 0) is 37.8 Å². The molecule has 1 saturated heterocycles. The average molecular weight is 289 g/mol. The van der Waals surface area contributed by atoms with Crippen LogP contribution in [0.3, 0.4) is 0 Å². The topological polar surface area (TPSA) is 44.4 Å². The molecule has 116 valence electrons. The molecule has 2 N–H and O–H groups in total. The molecule has 0 spiro atoms. The summed E-state index contributed by atoms with van der Waals surface area (Å²) >= 11 is 0. The van der Waals surface area contributed by atoms with Crippen LogP contribution in [0.15, 0.2) is 24.3 Å². The first-order chi connectivity index (χ1) is 10.0. The summed E-state index contributed by atoms with van der Waals surface area (Å²) in [6, 6.07) is 8.06. The Morgan fingerprint density at radius 2 is 1.86 bits per heavy atom. The minimum atomic E-state index is -0.0961. The van der Waals surface area contributed by atoms with Gasteiger partial charge in [0.1, 0.15) is 0 Å². The summed E-state index contributed by atoms with van der Waals surface area (Å²) < 4.78 is 0. The number of anilines is 1. The first-order valence-electron chi connectivity index (χ1n) is 7.89. The Kier molecular flexibility index (Phi) is 5.62. The maximum atomic E-state index is 12.0. The molecule has 2 rings (SSSR count). The summed E-state index contributed by atoms with van der Waals surface area (Å²) in [6.07, 6.45) is 2.07. The van der Waals surface area contributed by atoms with Crippen molar-refractivity contribution in [2.45, 2.75) is 39.7 Å². The molecule has 0 saturated carbocycles. The Morgan fingerprint density at radius 3 is 2.43 bits per heavy atom. The highest BCUT2D eigenvalue weighted by molar-refractivity contribution is 5.89. The fourth-order valence-corrected chi connectivity index (χ4v) is 2.77. The van der Waals surface area contributed by atoms with Crippen LogP contribution in [0.5, 0.6) is 0 Å².